The van der Waals surface area contributed by atoms with Gasteiger partial charge in [0, 0.05) is 0 Å². The van der Waals surface area contributed by atoms with Gasteiger partial charge in [0.05, 0.1) is 18.7 Å². The van der Waals surface area contributed by atoms with E-state index in [1.165, 1.54) is 0 Å². The molecule has 0 fully saturated rings. The molecule has 0 heterocycles. The smallest absolute Gasteiger partial charge is 0.224 e. The number of nitrogens with one attached hydrogen (secondary N) is 1. The van der Waals surface area contributed by atoms with Crippen LogP contribution in [0.15, 0.2) is 48.5 Å². The number of nitrogens with two attached hydrogens (primary N) is 1. The van der Waals surface area contributed by atoms with Crippen LogP contribution >= 0.6 is 0 Å². The molecular weight excluding hydrogens is 268 g/mol. The second-order valence-corrected chi connectivity index (χ2v) is 4.58. The predicted molar refractivity (Wildman–Crippen MR) is 81.2 cm³/mol. The Balaban J connectivity index is 1.71. The summed E-state index contributed by atoms with van der Waals surface area (Å²) in [5, 5.41) is 12.1. The summed E-state index contributed by atoms with van der Waals surface area (Å²) in [7, 11) is 0. The molecule has 2 aromatic carbocycles. The summed E-state index contributed by atoms with van der Waals surface area (Å²) in [5.74, 6) is 0.646. The van der Waals surface area contributed by atoms with E-state index < -0.39 is 0 Å². The number of phenols is 1. The standard InChI is InChI=1S/C16H18N2O3/c17-14-6-1-2-7-15(14)21-9-8-18-16(20)11-12-4-3-5-13(19)10-12/h1-7,10,19H,8-9,11,17H2,(H,18,20). The van der Waals surface area contributed by atoms with Crippen LogP contribution in [0.2, 0.25) is 0 Å². The lowest BCUT2D eigenvalue weighted by molar-refractivity contribution is -0.120. The van der Waals surface area contributed by atoms with Gasteiger partial charge in [0.2, 0.25) is 5.91 Å². The summed E-state index contributed by atoms with van der Waals surface area (Å²) >= 11 is 0. The number of anilines is 1. The van der Waals surface area contributed by atoms with Gasteiger partial charge >= 0.3 is 0 Å². The van der Waals surface area contributed by atoms with Crippen LogP contribution in [-0.4, -0.2) is 24.2 Å². The molecule has 4 N–H and O–H groups in total. The molecule has 0 aromatic heterocycles. The van der Waals surface area contributed by atoms with Gasteiger partial charge in [-0.05, 0) is 29.8 Å². The van der Waals surface area contributed by atoms with Crippen LogP contribution in [0.5, 0.6) is 11.5 Å². The molecule has 0 saturated carbocycles. The zero-order valence-corrected chi connectivity index (χ0v) is 11.6. The Morgan fingerprint density at radius 2 is 2.00 bits per heavy atom. The third-order valence-electron chi connectivity index (χ3n) is 2.88. The molecule has 5 heteroatoms. The third kappa shape index (κ3) is 4.72. The maximum absolute atomic E-state index is 11.7. The minimum absolute atomic E-state index is 0.120. The van der Waals surface area contributed by atoms with E-state index in [4.69, 9.17) is 10.5 Å². The molecule has 0 aliphatic carbocycles. The Hall–Kier alpha value is -2.69. The van der Waals surface area contributed by atoms with Crippen molar-refractivity contribution >= 4 is 11.6 Å². The number of amides is 1. The molecule has 21 heavy (non-hydrogen) atoms. The SMILES string of the molecule is Nc1ccccc1OCCNC(=O)Cc1cccc(O)c1. The Kier molecular flexibility index (Phi) is 5.04. The van der Waals surface area contributed by atoms with Crippen LogP contribution < -0.4 is 15.8 Å². The van der Waals surface area contributed by atoms with Gasteiger partial charge in [-0.2, -0.15) is 0 Å². The second kappa shape index (κ2) is 7.19. The zero-order valence-electron chi connectivity index (χ0n) is 11.6. The van der Waals surface area contributed by atoms with Gasteiger partial charge in [-0.3, -0.25) is 4.79 Å². The fraction of sp³-hybridized carbons (Fsp3) is 0.188. The fourth-order valence-electron chi connectivity index (χ4n) is 1.88. The van der Waals surface area contributed by atoms with Gasteiger partial charge in [-0.15, -0.1) is 0 Å². The molecule has 0 radical (unpaired) electrons. The number of para-hydroxylation sites is 2. The number of carbonyl (C=O) groups excluding carboxylic acids is 1. The molecule has 0 unspecified atom stereocenters. The summed E-state index contributed by atoms with van der Waals surface area (Å²) in [6.45, 7) is 0.742. The van der Waals surface area contributed by atoms with Crippen LogP contribution in [0.3, 0.4) is 0 Å². The molecule has 0 bridgehead atoms. The molecule has 0 saturated heterocycles. The highest BCUT2D eigenvalue weighted by Crippen LogP contribution is 2.19. The summed E-state index contributed by atoms with van der Waals surface area (Å²) in [6, 6.07) is 13.9. The van der Waals surface area contributed by atoms with E-state index in [0.717, 1.165) is 5.56 Å². The molecule has 2 aromatic rings. The Bertz CT molecular complexity index is 614. The number of hydrogen-bond acceptors (Lipinski definition) is 4. The summed E-state index contributed by atoms with van der Waals surface area (Å²) < 4.78 is 5.48. The van der Waals surface area contributed by atoms with Crippen molar-refractivity contribution in [1.29, 1.82) is 0 Å². The van der Waals surface area contributed by atoms with E-state index in [-0.39, 0.29) is 18.1 Å². The minimum Gasteiger partial charge on any atom is -0.508 e. The highest BCUT2D eigenvalue weighted by atomic mass is 16.5. The number of aromatic hydroxyl groups is 1. The quantitative estimate of drug-likeness (QED) is 0.557. The van der Waals surface area contributed by atoms with Crippen LogP contribution in [0.25, 0.3) is 0 Å². The molecule has 110 valence electrons. The first-order chi connectivity index (χ1) is 10.1. The first kappa shape index (κ1) is 14.7. The number of ether oxygens (including phenoxy) is 1. The number of hydrogen-bond donors (Lipinski definition) is 3. The monoisotopic (exact) mass is 286 g/mol. The maximum atomic E-state index is 11.7. The summed E-state index contributed by atoms with van der Waals surface area (Å²) in [4.78, 5) is 11.7. The largest absolute Gasteiger partial charge is 0.508 e. The van der Waals surface area contributed by atoms with Crippen LogP contribution in [-0.2, 0) is 11.2 Å². The number of rotatable bonds is 6. The highest BCUT2D eigenvalue weighted by Gasteiger charge is 2.04. The van der Waals surface area contributed by atoms with Crippen molar-refractivity contribution in [2.45, 2.75) is 6.42 Å². The lowest BCUT2D eigenvalue weighted by atomic mass is 10.1. The van der Waals surface area contributed by atoms with Crippen molar-refractivity contribution in [2.75, 3.05) is 18.9 Å². The molecule has 1 amide bonds. The van der Waals surface area contributed by atoms with Crippen LogP contribution in [0, 0.1) is 0 Å². The Morgan fingerprint density at radius 1 is 1.19 bits per heavy atom. The topological polar surface area (TPSA) is 84.6 Å². The Morgan fingerprint density at radius 3 is 2.76 bits per heavy atom. The van der Waals surface area contributed by atoms with Crippen molar-refractivity contribution in [3.63, 3.8) is 0 Å². The predicted octanol–water partition coefficient (Wildman–Crippen LogP) is 1.71. The average molecular weight is 286 g/mol. The number of phenolic OH excluding ortho intramolecular Hbond substituents is 1. The first-order valence-electron chi connectivity index (χ1n) is 6.67. The second-order valence-electron chi connectivity index (χ2n) is 4.58. The number of nitrogen functional groups attached to an aromatic ring is 1. The first-order valence-corrected chi connectivity index (χ1v) is 6.67. The van der Waals surface area contributed by atoms with Crippen molar-refractivity contribution in [3.05, 3.63) is 54.1 Å². The molecule has 0 aliphatic rings. The average Bonchev–Trinajstić information content (AvgIpc) is 2.45. The number of carbonyl (C=O) groups is 1. The van der Waals surface area contributed by atoms with Gasteiger partial charge in [0.25, 0.3) is 0 Å². The molecule has 0 aliphatic heterocycles. The highest BCUT2D eigenvalue weighted by molar-refractivity contribution is 5.78. The van der Waals surface area contributed by atoms with Crippen LogP contribution in [0.1, 0.15) is 5.56 Å². The van der Waals surface area contributed by atoms with Gasteiger partial charge in [0.15, 0.2) is 0 Å². The van der Waals surface area contributed by atoms with Crippen molar-refractivity contribution < 1.29 is 14.6 Å². The summed E-state index contributed by atoms with van der Waals surface area (Å²) in [6.07, 6.45) is 0.224. The Labute approximate surface area is 123 Å². The lowest BCUT2D eigenvalue weighted by Gasteiger charge is -2.09. The van der Waals surface area contributed by atoms with E-state index in [2.05, 4.69) is 5.32 Å². The normalized spacial score (nSPS) is 10.1. The maximum Gasteiger partial charge on any atom is 0.224 e. The third-order valence-corrected chi connectivity index (χ3v) is 2.88. The zero-order chi connectivity index (χ0) is 15.1. The van der Waals surface area contributed by atoms with Crippen molar-refractivity contribution in [3.8, 4) is 11.5 Å². The molecule has 0 spiro atoms. The van der Waals surface area contributed by atoms with Crippen molar-refractivity contribution in [1.82, 2.24) is 5.32 Å². The number of benzene rings is 2. The van der Waals surface area contributed by atoms with E-state index >= 15 is 0 Å². The van der Waals surface area contributed by atoms with E-state index in [0.29, 0.717) is 24.6 Å². The van der Waals surface area contributed by atoms with Crippen LogP contribution in [0.4, 0.5) is 5.69 Å². The molecule has 0 atom stereocenters. The molecule has 5 nitrogen and oxygen atoms in total. The van der Waals surface area contributed by atoms with Gasteiger partial charge in [0.1, 0.15) is 18.1 Å². The van der Waals surface area contributed by atoms with E-state index in [1.807, 2.05) is 12.1 Å². The lowest BCUT2D eigenvalue weighted by Crippen LogP contribution is -2.29. The molecular formula is C16H18N2O3. The van der Waals surface area contributed by atoms with Gasteiger partial charge in [-0.25, -0.2) is 0 Å². The fourth-order valence-corrected chi connectivity index (χ4v) is 1.88. The minimum atomic E-state index is -0.120. The summed E-state index contributed by atoms with van der Waals surface area (Å²) in [5.41, 5.74) is 7.08. The van der Waals surface area contributed by atoms with E-state index in [9.17, 15) is 9.90 Å². The van der Waals surface area contributed by atoms with Gasteiger partial charge < -0.3 is 20.9 Å². The van der Waals surface area contributed by atoms with E-state index in [1.54, 1.807) is 36.4 Å². The van der Waals surface area contributed by atoms with Gasteiger partial charge in [-0.1, -0.05) is 24.3 Å². The molecule has 2 rings (SSSR count). The van der Waals surface area contributed by atoms with Crippen molar-refractivity contribution in [2.24, 2.45) is 0 Å².